The van der Waals surface area contributed by atoms with E-state index in [9.17, 15) is 0 Å². The summed E-state index contributed by atoms with van der Waals surface area (Å²) in [6.45, 7) is 4.49. The van der Waals surface area contributed by atoms with Crippen LogP contribution in [0.2, 0.25) is 5.02 Å². The Bertz CT molecular complexity index is 1210. The van der Waals surface area contributed by atoms with Crippen LogP contribution in [0, 0.1) is 0 Å². The third kappa shape index (κ3) is 4.38. The van der Waals surface area contributed by atoms with Crippen LogP contribution in [0.5, 0.6) is 5.75 Å². The molecule has 0 saturated carbocycles. The lowest BCUT2D eigenvalue weighted by Gasteiger charge is -2.26. The summed E-state index contributed by atoms with van der Waals surface area (Å²) in [5.41, 5.74) is 5.70. The monoisotopic (exact) mass is 445 g/mol. The van der Waals surface area contributed by atoms with Crippen LogP contribution in [-0.2, 0) is 6.54 Å². The van der Waals surface area contributed by atoms with Gasteiger partial charge in [0.25, 0.3) is 0 Å². The number of hydrogen-bond donors (Lipinski definition) is 0. The zero-order valence-corrected chi connectivity index (χ0v) is 19.2. The summed E-state index contributed by atoms with van der Waals surface area (Å²) >= 11 is 6.08. The number of hydrogen-bond acceptors (Lipinski definition) is 3. The van der Waals surface area contributed by atoms with Crippen molar-refractivity contribution in [3.8, 4) is 28.0 Å². The number of benzene rings is 2. The van der Waals surface area contributed by atoms with Crippen molar-refractivity contribution in [2.24, 2.45) is 0 Å². The van der Waals surface area contributed by atoms with Crippen molar-refractivity contribution in [3.05, 3.63) is 72.1 Å². The SMILES string of the molecule is COc1ccc2c(c1)c(-c1cncc(-c3ccc(Cl)cc3)c1)cn2CCN1CCCCC1. The minimum absolute atomic E-state index is 0.738. The van der Waals surface area contributed by atoms with Crippen LogP contribution < -0.4 is 4.74 Å². The first-order chi connectivity index (χ1) is 15.7. The Kier molecular flexibility index (Phi) is 6.15. The summed E-state index contributed by atoms with van der Waals surface area (Å²) in [7, 11) is 1.72. The largest absolute Gasteiger partial charge is 0.497 e. The molecule has 1 saturated heterocycles. The molecular weight excluding hydrogens is 418 g/mol. The molecule has 4 nitrogen and oxygen atoms in total. The van der Waals surface area contributed by atoms with Gasteiger partial charge >= 0.3 is 0 Å². The molecule has 0 radical (unpaired) electrons. The number of likely N-dealkylation sites (tertiary alicyclic amines) is 1. The lowest BCUT2D eigenvalue weighted by Crippen LogP contribution is -2.32. The lowest BCUT2D eigenvalue weighted by atomic mass is 10.0. The van der Waals surface area contributed by atoms with E-state index in [2.05, 4.69) is 38.8 Å². The van der Waals surface area contributed by atoms with E-state index in [0.29, 0.717) is 0 Å². The van der Waals surface area contributed by atoms with Crippen molar-refractivity contribution in [3.63, 3.8) is 0 Å². The van der Waals surface area contributed by atoms with E-state index in [1.165, 1.54) is 48.8 Å². The molecule has 0 unspecified atom stereocenters. The Morgan fingerprint density at radius 1 is 0.875 bits per heavy atom. The molecule has 1 aliphatic rings. The van der Waals surface area contributed by atoms with Gasteiger partial charge in [-0.2, -0.15) is 0 Å². The van der Waals surface area contributed by atoms with Gasteiger partial charge < -0.3 is 14.2 Å². The van der Waals surface area contributed by atoms with Gasteiger partial charge in [0.05, 0.1) is 7.11 Å². The molecule has 32 heavy (non-hydrogen) atoms. The lowest BCUT2D eigenvalue weighted by molar-refractivity contribution is 0.222. The van der Waals surface area contributed by atoms with Crippen molar-refractivity contribution >= 4 is 22.5 Å². The minimum Gasteiger partial charge on any atom is -0.497 e. The second-order valence-corrected chi connectivity index (χ2v) is 8.93. The third-order valence-electron chi connectivity index (χ3n) is 6.42. The smallest absolute Gasteiger partial charge is 0.119 e. The fraction of sp³-hybridized carbons (Fsp3) is 0.296. The fourth-order valence-electron chi connectivity index (χ4n) is 4.64. The average molecular weight is 446 g/mol. The molecule has 164 valence electrons. The van der Waals surface area contributed by atoms with E-state index in [0.717, 1.165) is 40.6 Å². The van der Waals surface area contributed by atoms with E-state index in [1.807, 2.05) is 42.7 Å². The standard InChI is InChI=1S/C27H28ClN3O/c1-32-24-9-10-27-25(16-24)26(19-31(27)14-13-30-11-3-2-4-12-30)22-15-21(17-29-18-22)20-5-7-23(28)8-6-20/h5-10,15-19H,2-4,11-14H2,1H3. The topological polar surface area (TPSA) is 30.3 Å². The number of pyridine rings is 1. The summed E-state index contributed by atoms with van der Waals surface area (Å²) in [6, 6.07) is 16.5. The van der Waals surface area contributed by atoms with Crippen molar-refractivity contribution in [2.75, 3.05) is 26.7 Å². The van der Waals surface area contributed by atoms with Crippen LogP contribution in [0.15, 0.2) is 67.1 Å². The highest BCUT2D eigenvalue weighted by molar-refractivity contribution is 6.30. The van der Waals surface area contributed by atoms with Crippen LogP contribution in [-0.4, -0.2) is 41.2 Å². The number of nitrogens with zero attached hydrogens (tertiary/aromatic N) is 3. The van der Waals surface area contributed by atoms with Gasteiger partial charge in [-0.15, -0.1) is 0 Å². The van der Waals surface area contributed by atoms with Gasteiger partial charge in [0.15, 0.2) is 0 Å². The van der Waals surface area contributed by atoms with E-state index >= 15 is 0 Å². The van der Waals surface area contributed by atoms with Gasteiger partial charge in [0.1, 0.15) is 5.75 Å². The molecule has 2 aromatic carbocycles. The van der Waals surface area contributed by atoms with Gasteiger partial charge in [-0.1, -0.05) is 30.2 Å². The summed E-state index contributed by atoms with van der Waals surface area (Å²) in [6.07, 6.45) is 10.1. The van der Waals surface area contributed by atoms with Crippen LogP contribution >= 0.6 is 11.6 Å². The number of halogens is 1. The molecular formula is C27H28ClN3O. The van der Waals surface area contributed by atoms with Crippen molar-refractivity contribution in [2.45, 2.75) is 25.8 Å². The first kappa shape index (κ1) is 21.0. The number of fused-ring (bicyclic) bond motifs is 1. The number of rotatable bonds is 6. The Morgan fingerprint density at radius 2 is 1.66 bits per heavy atom. The molecule has 0 aliphatic carbocycles. The Labute approximate surface area is 194 Å². The van der Waals surface area contributed by atoms with E-state index in [1.54, 1.807) is 7.11 Å². The molecule has 0 N–H and O–H groups in total. The average Bonchev–Trinajstić information content (AvgIpc) is 3.22. The molecule has 4 aromatic rings. The van der Waals surface area contributed by atoms with Crippen molar-refractivity contribution < 1.29 is 4.74 Å². The van der Waals surface area contributed by atoms with Crippen molar-refractivity contribution in [1.29, 1.82) is 0 Å². The molecule has 1 fully saturated rings. The van der Waals surface area contributed by atoms with E-state index in [4.69, 9.17) is 16.3 Å². The molecule has 1 aliphatic heterocycles. The second-order valence-electron chi connectivity index (χ2n) is 8.49. The highest BCUT2D eigenvalue weighted by Crippen LogP contribution is 2.35. The first-order valence-corrected chi connectivity index (χ1v) is 11.7. The molecule has 0 atom stereocenters. The van der Waals surface area contributed by atoms with Crippen molar-refractivity contribution in [1.82, 2.24) is 14.5 Å². The fourth-order valence-corrected chi connectivity index (χ4v) is 4.76. The van der Waals surface area contributed by atoms with Crippen LogP contribution in [0.4, 0.5) is 0 Å². The minimum atomic E-state index is 0.738. The van der Waals surface area contributed by atoms with Crippen LogP contribution in [0.25, 0.3) is 33.2 Å². The first-order valence-electron chi connectivity index (χ1n) is 11.3. The Hall–Kier alpha value is -2.82. The summed E-state index contributed by atoms with van der Waals surface area (Å²) in [5, 5.41) is 1.93. The zero-order chi connectivity index (χ0) is 21.9. The summed E-state index contributed by atoms with van der Waals surface area (Å²) in [5.74, 6) is 0.870. The molecule has 0 spiro atoms. The summed E-state index contributed by atoms with van der Waals surface area (Å²) < 4.78 is 7.92. The molecule has 3 heterocycles. The maximum Gasteiger partial charge on any atom is 0.119 e. The third-order valence-corrected chi connectivity index (χ3v) is 6.67. The van der Waals surface area contributed by atoms with Gasteiger partial charge in [-0.25, -0.2) is 0 Å². The molecule has 5 heteroatoms. The number of ether oxygens (including phenoxy) is 1. The number of methoxy groups -OCH3 is 1. The number of piperidine rings is 1. The molecule has 0 bridgehead atoms. The van der Waals surface area contributed by atoms with Gasteiger partial charge in [0.2, 0.25) is 0 Å². The number of aromatic nitrogens is 2. The highest BCUT2D eigenvalue weighted by atomic mass is 35.5. The molecule has 2 aromatic heterocycles. The van der Waals surface area contributed by atoms with Crippen LogP contribution in [0.1, 0.15) is 19.3 Å². The molecule has 0 amide bonds. The van der Waals surface area contributed by atoms with Gasteiger partial charge in [-0.05, 0) is 67.9 Å². The Morgan fingerprint density at radius 3 is 2.44 bits per heavy atom. The predicted octanol–water partition coefficient (Wildman–Crippen LogP) is 6.52. The highest BCUT2D eigenvalue weighted by Gasteiger charge is 2.15. The van der Waals surface area contributed by atoms with E-state index < -0.39 is 0 Å². The predicted molar refractivity (Wildman–Crippen MR) is 132 cm³/mol. The van der Waals surface area contributed by atoms with Gasteiger partial charge in [-0.3, -0.25) is 4.98 Å². The second kappa shape index (κ2) is 9.35. The van der Waals surface area contributed by atoms with Crippen LogP contribution in [0.3, 0.4) is 0 Å². The van der Waals surface area contributed by atoms with E-state index in [-0.39, 0.29) is 0 Å². The summed E-state index contributed by atoms with van der Waals surface area (Å²) in [4.78, 5) is 7.14. The Balaban J connectivity index is 1.52. The quantitative estimate of drug-likeness (QED) is 0.338. The maximum absolute atomic E-state index is 6.08. The normalized spacial score (nSPS) is 14.7. The maximum atomic E-state index is 6.08. The zero-order valence-electron chi connectivity index (χ0n) is 18.4. The van der Waals surface area contributed by atoms with Gasteiger partial charge in [0, 0.05) is 64.3 Å². The molecule has 5 rings (SSSR count).